The highest BCUT2D eigenvalue weighted by Gasteiger charge is 2.24. The highest BCUT2D eigenvalue weighted by Crippen LogP contribution is 2.23. The van der Waals surface area contributed by atoms with Crippen molar-refractivity contribution in [3.63, 3.8) is 0 Å². The molecule has 0 aromatic carbocycles. The smallest absolute Gasteiger partial charge is 0.219 e. The summed E-state index contributed by atoms with van der Waals surface area (Å²) in [5.41, 5.74) is 0.257. The first-order chi connectivity index (χ1) is 9.52. The van der Waals surface area contributed by atoms with Crippen LogP contribution in [0.5, 0.6) is 0 Å². The molecule has 1 saturated heterocycles. The van der Waals surface area contributed by atoms with Gasteiger partial charge in [0.1, 0.15) is 11.9 Å². The first-order valence-corrected chi connectivity index (χ1v) is 6.95. The van der Waals surface area contributed by atoms with E-state index in [4.69, 9.17) is 16.9 Å². The molecule has 0 spiro atoms. The average molecular weight is 293 g/mol. The van der Waals surface area contributed by atoms with E-state index in [1.807, 2.05) is 19.2 Å². The fourth-order valence-corrected chi connectivity index (χ4v) is 2.57. The molecule has 1 amide bonds. The predicted octanol–water partition coefficient (Wildman–Crippen LogP) is 2.05. The van der Waals surface area contributed by atoms with Gasteiger partial charge in [0.15, 0.2) is 5.69 Å². The summed E-state index contributed by atoms with van der Waals surface area (Å²) in [5.74, 6) is 0.870. The molecule has 1 aliphatic rings. The van der Waals surface area contributed by atoms with Gasteiger partial charge in [-0.15, -0.1) is 0 Å². The topological polar surface area (TPSA) is 60.2 Å². The second kappa shape index (κ2) is 6.10. The van der Waals surface area contributed by atoms with Crippen molar-refractivity contribution < 1.29 is 4.79 Å². The minimum Gasteiger partial charge on any atom is -0.356 e. The molecule has 20 heavy (non-hydrogen) atoms. The van der Waals surface area contributed by atoms with Crippen LogP contribution >= 0.6 is 11.6 Å². The fraction of sp³-hybridized carbons (Fsp3) is 0.500. The number of halogens is 1. The molecule has 0 unspecified atom stereocenters. The Morgan fingerprint density at radius 2 is 2.15 bits per heavy atom. The molecule has 1 aliphatic heterocycles. The predicted molar refractivity (Wildman–Crippen MR) is 77.6 cm³/mol. The maximum atomic E-state index is 11.4. The third-order valence-corrected chi connectivity index (χ3v) is 4.08. The van der Waals surface area contributed by atoms with Crippen LogP contribution in [0.15, 0.2) is 12.1 Å². The third kappa shape index (κ3) is 3.02. The summed E-state index contributed by atoms with van der Waals surface area (Å²) >= 11 is 5.89. The third-order valence-electron chi connectivity index (χ3n) is 3.77. The molecule has 1 aromatic rings. The van der Waals surface area contributed by atoms with Crippen LogP contribution in [0, 0.1) is 11.3 Å². The number of hydrogen-bond acceptors (Lipinski definition) is 4. The monoisotopic (exact) mass is 292 g/mol. The largest absolute Gasteiger partial charge is 0.356 e. The highest BCUT2D eigenvalue weighted by atomic mass is 35.5. The van der Waals surface area contributed by atoms with Gasteiger partial charge in [0, 0.05) is 33.1 Å². The quantitative estimate of drug-likeness (QED) is 0.837. The number of amides is 1. The van der Waals surface area contributed by atoms with Gasteiger partial charge in [-0.25, -0.2) is 4.98 Å². The number of nitriles is 1. The van der Waals surface area contributed by atoms with Crippen molar-refractivity contribution in [2.75, 3.05) is 25.0 Å². The molecule has 2 heterocycles. The number of piperidine rings is 1. The zero-order valence-electron chi connectivity index (χ0n) is 11.6. The molecular weight excluding hydrogens is 276 g/mol. The fourth-order valence-electron chi connectivity index (χ4n) is 2.43. The molecular formula is C14H17ClN4O. The Bertz CT molecular complexity index is 547. The van der Waals surface area contributed by atoms with Crippen molar-refractivity contribution >= 4 is 23.3 Å². The molecule has 0 N–H and O–H groups in total. The molecule has 0 bridgehead atoms. The van der Waals surface area contributed by atoms with Crippen LogP contribution in [0.4, 0.5) is 5.82 Å². The maximum absolute atomic E-state index is 11.4. The lowest BCUT2D eigenvalue weighted by Crippen LogP contribution is -2.45. The van der Waals surface area contributed by atoms with E-state index >= 15 is 0 Å². The van der Waals surface area contributed by atoms with Crippen molar-refractivity contribution in [1.29, 1.82) is 5.26 Å². The van der Waals surface area contributed by atoms with Gasteiger partial charge in [-0.1, -0.05) is 11.6 Å². The Morgan fingerprint density at radius 3 is 2.70 bits per heavy atom. The van der Waals surface area contributed by atoms with Crippen LogP contribution < -0.4 is 4.90 Å². The van der Waals surface area contributed by atoms with Gasteiger partial charge in [-0.2, -0.15) is 5.26 Å². The van der Waals surface area contributed by atoms with Gasteiger partial charge >= 0.3 is 0 Å². The summed E-state index contributed by atoms with van der Waals surface area (Å²) in [7, 11) is 1.84. The van der Waals surface area contributed by atoms with E-state index < -0.39 is 0 Å². The number of hydrogen-bond donors (Lipinski definition) is 0. The molecule has 1 aromatic heterocycles. The average Bonchev–Trinajstić information content (AvgIpc) is 2.47. The molecule has 0 aliphatic carbocycles. The van der Waals surface area contributed by atoms with Crippen LogP contribution in [0.25, 0.3) is 0 Å². The van der Waals surface area contributed by atoms with Crippen molar-refractivity contribution in [1.82, 2.24) is 9.88 Å². The molecule has 0 atom stereocenters. The number of carbonyl (C=O) groups is 1. The number of pyridine rings is 1. The SMILES string of the molecule is CC(=O)N(C)C1CCN(c2ccc(Cl)c(C#N)n2)CC1. The summed E-state index contributed by atoms with van der Waals surface area (Å²) in [4.78, 5) is 19.6. The lowest BCUT2D eigenvalue weighted by molar-refractivity contribution is -0.129. The normalized spacial score (nSPS) is 15.8. The summed E-state index contributed by atoms with van der Waals surface area (Å²) in [5, 5.41) is 9.33. The van der Waals surface area contributed by atoms with E-state index in [1.165, 1.54) is 0 Å². The van der Waals surface area contributed by atoms with Crippen molar-refractivity contribution in [2.45, 2.75) is 25.8 Å². The Labute approximate surface area is 123 Å². The van der Waals surface area contributed by atoms with Crippen molar-refractivity contribution in [3.05, 3.63) is 22.8 Å². The molecule has 0 radical (unpaired) electrons. The number of carbonyl (C=O) groups excluding carboxylic acids is 1. The lowest BCUT2D eigenvalue weighted by Gasteiger charge is -2.37. The second-order valence-corrected chi connectivity index (χ2v) is 5.37. The Morgan fingerprint density at radius 1 is 1.50 bits per heavy atom. The Hall–Kier alpha value is -1.80. The molecule has 0 saturated carbocycles. The number of rotatable bonds is 2. The highest BCUT2D eigenvalue weighted by molar-refractivity contribution is 6.31. The zero-order valence-corrected chi connectivity index (χ0v) is 12.4. The zero-order chi connectivity index (χ0) is 14.7. The lowest BCUT2D eigenvalue weighted by atomic mass is 10.0. The summed E-state index contributed by atoms with van der Waals surface area (Å²) < 4.78 is 0. The molecule has 6 heteroatoms. The number of nitrogens with zero attached hydrogens (tertiary/aromatic N) is 4. The van der Waals surface area contributed by atoms with Gasteiger partial charge in [0.05, 0.1) is 5.02 Å². The van der Waals surface area contributed by atoms with E-state index in [0.29, 0.717) is 5.02 Å². The van der Waals surface area contributed by atoms with E-state index in [9.17, 15) is 4.79 Å². The summed E-state index contributed by atoms with van der Waals surface area (Å²) in [6.45, 7) is 3.23. The van der Waals surface area contributed by atoms with Crippen LogP contribution in [-0.2, 0) is 4.79 Å². The van der Waals surface area contributed by atoms with E-state index in [2.05, 4.69) is 9.88 Å². The standard InChI is InChI=1S/C14H17ClN4O/c1-10(20)18(2)11-5-7-19(8-6-11)14-4-3-12(15)13(9-16)17-14/h3-4,11H,5-8H2,1-2H3. The molecule has 106 valence electrons. The first kappa shape index (κ1) is 14.6. The van der Waals surface area contributed by atoms with Crippen LogP contribution in [0.3, 0.4) is 0 Å². The van der Waals surface area contributed by atoms with Crippen LogP contribution in [-0.4, -0.2) is 42.0 Å². The second-order valence-electron chi connectivity index (χ2n) is 4.96. The van der Waals surface area contributed by atoms with Crippen molar-refractivity contribution in [2.24, 2.45) is 0 Å². The van der Waals surface area contributed by atoms with Crippen molar-refractivity contribution in [3.8, 4) is 6.07 Å². The van der Waals surface area contributed by atoms with Gasteiger partial charge in [0.25, 0.3) is 0 Å². The molecule has 5 nitrogen and oxygen atoms in total. The number of aromatic nitrogens is 1. The van der Waals surface area contributed by atoms with Gasteiger partial charge < -0.3 is 9.80 Å². The number of anilines is 1. The maximum Gasteiger partial charge on any atom is 0.219 e. The first-order valence-electron chi connectivity index (χ1n) is 6.58. The summed E-state index contributed by atoms with van der Waals surface area (Å²) in [6.07, 6.45) is 1.81. The molecule has 2 rings (SSSR count). The van der Waals surface area contributed by atoms with Crippen LogP contribution in [0.1, 0.15) is 25.5 Å². The summed E-state index contributed by atoms with van der Waals surface area (Å²) in [6, 6.07) is 5.81. The Kier molecular flexibility index (Phi) is 4.46. The van der Waals surface area contributed by atoms with E-state index in [0.717, 1.165) is 31.7 Å². The minimum absolute atomic E-state index is 0.0971. The minimum atomic E-state index is 0.0971. The molecule has 1 fully saturated rings. The van der Waals surface area contributed by atoms with Gasteiger partial charge in [-0.3, -0.25) is 4.79 Å². The van der Waals surface area contributed by atoms with E-state index in [1.54, 1.807) is 17.9 Å². The van der Waals surface area contributed by atoms with E-state index in [-0.39, 0.29) is 17.6 Å². The van der Waals surface area contributed by atoms with Gasteiger partial charge in [0.2, 0.25) is 5.91 Å². The van der Waals surface area contributed by atoms with Crippen LogP contribution in [0.2, 0.25) is 5.02 Å². The Balaban J connectivity index is 2.04. The van der Waals surface area contributed by atoms with Gasteiger partial charge in [-0.05, 0) is 25.0 Å².